The summed E-state index contributed by atoms with van der Waals surface area (Å²) in [5.41, 5.74) is 5.39. The summed E-state index contributed by atoms with van der Waals surface area (Å²) in [6.45, 7) is 0. The van der Waals surface area contributed by atoms with E-state index in [9.17, 15) is 22.4 Å². The molecule has 0 saturated carbocycles. The van der Waals surface area contributed by atoms with E-state index in [0.717, 1.165) is 29.6 Å². The summed E-state index contributed by atoms with van der Waals surface area (Å²) < 4.78 is 35.3. The van der Waals surface area contributed by atoms with E-state index in [2.05, 4.69) is 9.98 Å². The Morgan fingerprint density at radius 2 is 2.12 bits per heavy atom. The van der Waals surface area contributed by atoms with Gasteiger partial charge in [0.15, 0.2) is 6.29 Å². The fraction of sp³-hybridized carbons (Fsp3) is 0.286. The Morgan fingerprint density at radius 3 is 2.67 bits per heavy atom. The van der Waals surface area contributed by atoms with Gasteiger partial charge in [-0.2, -0.15) is 0 Å². The van der Waals surface area contributed by atoms with Gasteiger partial charge >= 0.3 is 0 Å². The average Bonchev–Trinajstić information content (AvgIpc) is 2.51. The van der Waals surface area contributed by atoms with Crippen LogP contribution in [0.4, 0.5) is 10.1 Å². The maximum absolute atomic E-state index is 13.1. The SMILES string of the molecule is CN(C(=O)CCS(C)(=O)=O)C(C=Nc1cncc(F)c1)=C(N)C=O. The molecule has 0 aliphatic heterocycles. The van der Waals surface area contributed by atoms with Gasteiger partial charge in [0, 0.05) is 25.8 Å². The standard InChI is InChI=1S/C14H17FN4O4S/c1-19(14(21)3-4-24(2,22)23)13(12(16)9-20)8-18-11-5-10(15)6-17-7-11/h5-9H,3-4,16H2,1-2H3. The molecule has 0 bridgehead atoms. The second-order valence-electron chi connectivity index (χ2n) is 4.91. The summed E-state index contributed by atoms with van der Waals surface area (Å²) in [6.07, 6.45) is 4.44. The van der Waals surface area contributed by atoms with Gasteiger partial charge in [-0.3, -0.25) is 19.6 Å². The quantitative estimate of drug-likeness (QED) is 0.422. The maximum atomic E-state index is 13.1. The van der Waals surface area contributed by atoms with Gasteiger partial charge in [0.25, 0.3) is 0 Å². The molecule has 1 amide bonds. The first-order valence-corrected chi connectivity index (χ1v) is 8.74. The Kier molecular flexibility index (Phi) is 6.71. The number of allylic oxidation sites excluding steroid dienone is 2. The molecule has 10 heteroatoms. The van der Waals surface area contributed by atoms with Gasteiger partial charge in [-0.05, 0) is 0 Å². The monoisotopic (exact) mass is 356 g/mol. The molecule has 0 aliphatic rings. The summed E-state index contributed by atoms with van der Waals surface area (Å²) in [6, 6.07) is 1.10. The number of nitrogens with zero attached hydrogens (tertiary/aromatic N) is 3. The van der Waals surface area contributed by atoms with Crippen LogP contribution < -0.4 is 5.73 Å². The molecule has 24 heavy (non-hydrogen) atoms. The van der Waals surface area contributed by atoms with Crippen molar-refractivity contribution >= 4 is 33.9 Å². The molecule has 0 saturated heterocycles. The molecule has 130 valence electrons. The van der Waals surface area contributed by atoms with Crippen LogP contribution in [0.3, 0.4) is 0 Å². The first kappa shape index (κ1) is 19.4. The number of rotatable bonds is 7. The minimum Gasteiger partial charge on any atom is -0.394 e. The van der Waals surface area contributed by atoms with Crippen molar-refractivity contribution in [1.29, 1.82) is 0 Å². The zero-order chi connectivity index (χ0) is 18.3. The van der Waals surface area contributed by atoms with Gasteiger partial charge in [-0.15, -0.1) is 0 Å². The lowest BCUT2D eigenvalue weighted by Gasteiger charge is -2.18. The number of amides is 1. The summed E-state index contributed by atoms with van der Waals surface area (Å²) >= 11 is 0. The number of hydrogen-bond donors (Lipinski definition) is 1. The Labute approximate surface area is 138 Å². The van der Waals surface area contributed by atoms with Crippen molar-refractivity contribution in [2.24, 2.45) is 10.7 Å². The number of halogens is 1. The van der Waals surface area contributed by atoms with E-state index in [-0.39, 0.29) is 29.3 Å². The number of aromatic nitrogens is 1. The Morgan fingerprint density at radius 1 is 1.46 bits per heavy atom. The molecule has 2 N–H and O–H groups in total. The van der Waals surface area contributed by atoms with Crippen molar-refractivity contribution < 1.29 is 22.4 Å². The van der Waals surface area contributed by atoms with E-state index in [1.807, 2.05) is 0 Å². The summed E-state index contributed by atoms with van der Waals surface area (Å²) in [7, 11) is -1.99. The van der Waals surface area contributed by atoms with Gasteiger partial charge in [-0.25, -0.2) is 12.8 Å². The highest BCUT2D eigenvalue weighted by molar-refractivity contribution is 7.90. The fourth-order valence-electron chi connectivity index (χ4n) is 1.60. The normalized spacial score (nSPS) is 12.8. The number of nitrogens with two attached hydrogens (primary N) is 1. The van der Waals surface area contributed by atoms with Crippen molar-refractivity contribution in [3.63, 3.8) is 0 Å². The Hall–Kier alpha value is -2.62. The predicted molar refractivity (Wildman–Crippen MR) is 86.7 cm³/mol. The number of carbonyl (C=O) groups excluding carboxylic acids is 2. The van der Waals surface area contributed by atoms with Crippen LogP contribution >= 0.6 is 0 Å². The third-order valence-electron chi connectivity index (χ3n) is 2.87. The maximum Gasteiger partial charge on any atom is 0.227 e. The summed E-state index contributed by atoms with van der Waals surface area (Å²) in [5.74, 6) is -1.50. The molecule has 1 aromatic rings. The number of hydrogen-bond acceptors (Lipinski definition) is 7. The number of sulfone groups is 1. The third-order valence-corrected chi connectivity index (χ3v) is 3.82. The highest BCUT2D eigenvalue weighted by atomic mass is 32.2. The lowest BCUT2D eigenvalue weighted by molar-refractivity contribution is -0.127. The van der Waals surface area contributed by atoms with Gasteiger partial charge in [-0.1, -0.05) is 0 Å². The van der Waals surface area contributed by atoms with Gasteiger partial charge in [0.05, 0.1) is 41.4 Å². The van der Waals surface area contributed by atoms with E-state index in [1.54, 1.807) is 0 Å². The van der Waals surface area contributed by atoms with Crippen molar-refractivity contribution in [3.05, 3.63) is 35.7 Å². The first-order valence-electron chi connectivity index (χ1n) is 6.68. The van der Waals surface area contributed by atoms with E-state index in [1.165, 1.54) is 13.2 Å². The molecule has 0 atom stereocenters. The lowest BCUT2D eigenvalue weighted by Crippen LogP contribution is -2.31. The zero-order valence-corrected chi connectivity index (χ0v) is 14.0. The van der Waals surface area contributed by atoms with Gasteiger partial charge in [0.2, 0.25) is 5.91 Å². The second-order valence-corrected chi connectivity index (χ2v) is 7.17. The van der Waals surface area contributed by atoms with E-state index < -0.39 is 21.6 Å². The van der Waals surface area contributed by atoms with E-state index in [0.29, 0.717) is 6.29 Å². The topological polar surface area (TPSA) is 123 Å². The molecular weight excluding hydrogens is 339 g/mol. The fourth-order valence-corrected chi connectivity index (χ4v) is 2.14. The van der Waals surface area contributed by atoms with Crippen molar-refractivity contribution in [2.45, 2.75) is 6.42 Å². The van der Waals surface area contributed by atoms with Gasteiger partial charge < -0.3 is 10.6 Å². The van der Waals surface area contributed by atoms with Crippen LogP contribution in [0.25, 0.3) is 0 Å². The molecule has 8 nitrogen and oxygen atoms in total. The van der Waals surface area contributed by atoms with Crippen LogP contribution in [0.1, 0.15) is 6.42 Å². The number of aliphatic imine (C=N–C) groups is 1. The van der Waals surface area contributed by atoms with Crippen molar-refractivity contribution in [3.8, 4) is 0 Å². The van der Waals surface area contributed by atoms with Gasteiger partial charge in [0.1, 0.15) is 15.7 Å². The Bertz CT molecular complexity index is 790. The van der Waals surface area contributed by atoms with Crippen LogP contribution in [0.5, 0.6) is 0 Å². The minimum absolute atomic E-state index is 0.0345. The van der Waals surface area contributed by atoms with Crippen molar-refractivity contribution in [1.82, 2.24) is 9.88 Å². The molecule has 1 aromatic heterocycles. The average molecular weight is 356 g/mol. The van der Waals surface area contributed by atoms with Crippen LogP contribution in [0.2, 0.25) is 0 Å². The predicted octanol–water partition coefficient (Wildman–Crippen LogP) is 0.185. The largest absolute Gasteiger partial charge is 0.394 e. The molecule has 0 aliphatic carbocycles. The molecule has 0 fully saturated rings. The zero-order valence-electron chi connectivity index (χ0n) is 13.1. The molecule has 1 rings (SSSR count). The number of pyridine rings is 1. The second kappa shape index (κ2) is 8.29. The Balaban J connectivity index is 3.01. The first-order chi connectivity index (χ1) is 11.1. The number of carbonyl (C=O) groups is 2. The third kappa shape index (κ3) is 6.24. The van der Waals surface area contributed by atoms with Crippen LogP contribution in [-0.4, -0.2) is 55.8 Å². The highest BCUT2D eigenvalue weighted by Gasteiger charge is 2.17. The summed E-state index contributed by atoms with van der Waals surface area (Å²) in [4.78, 5) is 31.5. The molecule has 0 unspecified atom stereocenters. The van der Waals surface area contributed by atoms with Crippen molar-refractivity contribution in [2.75, 3.05) is 19.1 Å². The minimum atomic E-state index is -3.31. The number of aldehydes is 1. The lowest BCUT2D eigenvalue weighted by atomic mass is 10.3. The van der Waals surface area contributed by atoms with Crippen LogP contribution in [0.15, 0.2) is 34.8 Å². The molecule has 1 heterocycles. The van der Waals surface area contributed by atoms with Crippen LogP contribution in [-0.2, 0) is 19.4 Å². The molecule has 0 spiro atoms. The molecular formula is C14H17FN4O4S. The van der Waals surface area contributed by atoms with E-state index >= 15 is 0 Å². The van der Waals surface area contributed by atoms with E-state index in [4.69, 9.17) is 5.73 Å². The molecule has 0 aromatic carbocycles. The van der Waals surface area contributed by atoms with Crippen LogP contribution in [0, 0.1) is 5.82 Å². The highest BCUT2D eigenvalue weighted by Crippen LogP contribution is 2.12. The summed E-state index contributed by atoms with van der Waals surface area (Å²) in [5, 5.41) is 0. The smallest absolute Gasteiger partial charge is 0.227 e. The molecule has 0 radical (unpaired) electrons.